The average molecular weight is 318 g/mol. The van der Waals surface area contributed by atoms with Crippen LogP contribution >= 0.6 is 15.9 Å². The molecule has 0 spiro atoms. The normalized spacial score (nSPS) is 12.5. The third kappa shape index (κ3) is 2.75. The zero-order valence-corrected chi connectivity index (χ0v) is 13.5. The summed E-state index contributed by atoms with van der Waals surface area (Å²) in [5.74, 6) is 0. The Morgan fingerprint density at radius 3 is 2.11 bits per heavy atom. The summed E-state index contributed by atoms with van der Waals surface area (Å²) in [6.07, 6.45) is 0. The van der Waals surface area contributed by atoms with Crippen molar-refractivity contribution >= 4 is 15.9 Å². The van der Waals surface area contributed by atoms with E-state index in [1.165, 1.54) is 27.8 Å². The smallest absolute Gasteiger partial charge is 0.0568 e. The summed E-state index contributed by atoms with van der Waals surface area (Å²) < 4.78 is 1.11. The van der Waals surface area contributed by atoms with Gasteiger partial charge in [0.15, 0.2) is 0 Å². The van der Waals surface area contributed by atoms with Gasteiger partial charge in [0.1, 0.15) is 0 Å². The second-order valence-corrected chi connectivity index (χ2v) is 6.06. The van der Waals surface area contributed by atoms with Crippen molar-refractivity contribution < 1.29 is 0 Å². The molecule has 2 aromatic rings. The molecule has 0 aromatic heterocycles. The van der Waals surface area contributed by atoms with Gasteiger partial charge in [-0.1, -0.05) is 51.8 Å². The molecule has 0 amide bonds. The van der Waals surface area contributed by atoms with E-state index in [9.17, 15) is 0 Å². The molecule has 2 heteroatoms. The molecule has 2 N–H and O–H groups in total. The van der Waals surface area contributed by atoms with Crippen molar-refractivity contribution in [1.29, 1.82) is 0 Å². The standard InChI is InChI=1S/C17H20BrN/c1-10-8-12(3)15(13(4)9-10)17(19)14-7-5-6-11(2)16(14)18/h5-9,17H,19H2,1-4H3. The molecule has 0 aliphatic rings. The van der Waals surface area contributed by atoms with Gasteiger partial charge in [0, 0.05) is 4.47 Å². The maximum atomic E-state index is 6.51. The van der Waals surface area contributed by atoms with Crippen LogP contribution in [-0.2, 0) is 0 Å². The van der Waals surface area contributed by atoms with Crippen molar-refractivity contribution in [3.63, 3.8) is 0 Å². The molecule has 0 saturated carbocycles. The molecule has 2 aromatic carbocycles. The highest BCUT2D eigenvalue weighted by molar-refractivity contribution is 9.10. The van der Waals surface area contributed by atoms with Crippen LogP contribution in [0.3, 0.4) is 0 Å². The van der Waals surface area contributed by atoms with Crippen LogP contribution in [0.15, 0.2) is 34.8 Å². The Hall–Kier alpha value is -1.12. The maximum absolute atomic E-state index is 6.51. The van der Waals surface area contributed by atoms with Crippen molar-refractivity contribution in [3.05, 3.63) is 68.2 Å². The minimum absolute atomic E-state index is 0.0881. The van der Waals surface area contributed by atoms with Crippen LogP contribution < -0.4 is 5.73 Å². The number of aryl methyl sites for hydroxylation is 4. The number of nitrogens with two attached hydrogens (primary N) is 1. The number of rotatable bonds is 2. The van der Waals surface area contributed by atoms with Gasteiger partial charge in [0.25, 0.3) is 0 Å². The second-order valence-electron chi connectivity index (χ2n) is 5.27. The third-order valence-corrected chi connectivity index (χ3v) is 4.69. The second kappa shape index (κ2) is 5.48. The molecular formula is C17H20BrN. The highest BCUT2D eigenvalue weighted by atomic mass is 79.9. The van der Waals surface area contributed by atoms with Crippen LogP contribution in [0.25, 0.3) is 0 Å². The molecular weight excluding hydrogens is 298 g/mol. The molecule has 0 heterocycles. The van der Waals surface area contributed by atoms with E-state index in [0.29, 0.717) is 0 Å². The van der Waals surface area contributed by atoms with Crippen LogP contribution in [-0.4, -0.2) is 0 Å². The Morgan fingerprint density at radius 1 is 0.947 bits per heavy atom. The minimum atomic E-state index is -0.0881. The summed E-state index contributed by atoms with van der Waals surface area (Å²) in [6.45, 7) is 8.49. The predicted molar refractivity (Wildman–Crippen MR) is 85.6 cm³/mol. The van der Waals surface area contributed by atoms with Gasteiger partial charge >= 0.3 is 0 Å². The largest absolute Gasteiger partial charge is 0.320 e. The SMILES string of the molecule is Cc1cc(C)c(C(N)c2cccc(C)c2Br)c(C)c1. The lowest BCUT2D eigenvalue weighted by molar-refractivity contribution is 0.843. The van der Waals surface area contributed by atoms with Crippen LogP contribution in [0.1, 0.15) is 39.4 Å². The van der Waals surface area contributed by atoms with E-state index >= 15 is 0 Å². The number of hydrogen-bond acceptors (Lipinski definition) is 1. The van der Waals surface area contributed by atoms with Crippen LogP contribution in [0.4, 0.5) is 0 Å². The van der Waals surface area contributed by atoms with Gasteiger partial charge in [0.05, 0.1) is 6.04 Å². The van der Waals surface area contributed by atoms with Gasteiger partial charge in [-0.05, 0) is 55.5 Å². The van der Waals surface area contributed by atoms with E-state index in [1.807, 2.05) is 0 Å². The monoisotopic (exact) mass is 317 g/mol. The quantitative estimate of drug-likeness (QED) is 0.851. The zero-order chi connectivity index (χ0) is 14.2. The average Bonchev–Trinajstić information content (AvgIpc) is 2.31. The van der Waals surface area contributed by atoms with Gasteiger partial charge in [0.2, 0.25) is 0 Å². The van der Waals surface area contributed by atoms with E-state index in [4.69, 9.17) is 5.73 Å². The highest BCUT2D eigenvalue weighted by Gasteiger charge is 2.17. The topological polar surface area (TPSA) is 26.0 Å². The molecule has 2 rings (SSSR count). The fourth-order valence-electron chi connectivity index (χ4n) is 2.75. The Bertz CT molecular complexity index is 594. The summed E-state index contributed by atoms with van der Waals surface area (Å²) in [4.78, 5) is 0. The summed E-state index contributed by atoms with van der Waals surface area (Å²) in [5, 5.41) is 0. The van der Waals surface area contributed by atoms with Gasteiger partial charge in [-0.25, -0.2) is 0 Å². The highest BCUT2D eigenvalue weighted by Crippen LogP contribution is 2.32. The maximum Gasteiger partial charge on any atom is 0.0568 e. The number of hydrogen-bond donors (Lipinski definition) is 1. The summed E-state index contributed by atoms with van der Waals surface area (Å²) in [6, 6.07) is 10.6. The van der Waals surface area contributed by atoms with E-state index in [2.05, 4.69) is 74.0 Å². The lowest BCUT2D eigenvalue weighted by Crippen LogP contribution is -2.16. The molecule has 1 atom stereocenters. The molecule has 1 unspecified atom stereocenters. The molecule has 0 fully saturated rings. The van der Waals surface area contributed by atoms with Crippen molar-refractivity contribution in [1.82, 2.24) is 0 Å². The Labute approximate surface area is 124 Å². The Balaban J connectivity index is 2.56. The van der Waals surface area contributed by atoms with Gasteiger partial charge in [-0.3, -0.25) is 0 Å². The Morgan fingerprint density at radius 2 is 1.53 bits per heavy atom. The van der Waals surface area contributed by atoms with E-state index in [-0.39, 0.29) is 6.04 Å². The first kappa shape index (κ1) is 14.3. The fourth-order valence-corrected chi connectivity index (χ4v) is 3.26. The first-order chi connectivity index (χ1) is 8.91. The molecule has 0 aliphatic carbocycles. The minimum Gasteiger partial charge on any atom is -0.320 e. The predicted octanol–water partition coefficient (Wildman–Crippen LogP) is 4.73. The summed E-state index contributed by atoms with van der Waals surface area (Å²) in [7, 11) is 0. The van der Waals surface area contributed by atoms with Gasteiger partial charge in [-0.15, -0.1) is 0 Å². The number of halogens is 1. The van der Waals surface area contributed by atoms with E-state index < -0.39 is 0 Å². The van der Waals surface area contributed by atoms with Crippen LogP contribution in [0.2, 0.25) is 0 Å². The molecule has 0 radical (unpaired) electrons. The zero-order valence-electron chi connectivity index (χ0n) is 11.9. The first-order valence-corrected chi connectivity index (χ1v) is 7.29. The van der Waals surface area contributed by atoms with Gasteiger partial charge in [-0.2, -0.15) is 0 Å². The molecule has 100 valence electrons. The van der Waals surface area contributed by atoms with Crippen molar-refractivity contribution in [2.45, 2.75) is 33.7 Å². The lowest BCUT2D eigenvalue weighted by Gasteiger charge is -2.20. The molecule has 19 heavy (non-hydrogen) atoms. The summed E-state index contributed by atoms with van der Waals surface area (Å²) in [5.41, 5.74) is 13.9. The van der Waals surface area contributed by atoms with Crippen LogP contribution in [0, 0.1) is 27.7 Å². The molecule has 0 saturated heterocycles. The van der Waals surface area contributed by atoms with Crippen LogP contribution in [0.5, 0.6) is 0 Å². The molecule has 0 aliphatic heterocycles. The summed E-state index contributed by atoms with van der Waals surface area (Å²) >= 11 is 3.66. The van der Waals surface area contributed by atoms with Crippen molar-refractivity contribution in [3.8, 4) is 0 Å². The fraction of sp³-hybridized carbons (Fsp3) is 0.294. The Kier molecular flexibility index (Phi) is 4.12. The molecule has 0 bridgehead atoms. The van der Waals surface area contributed by atoms with E-state index in [0.717, 1.165) is 10.0 Å². The third-order valence-electron chi connectivity index (χ3n) is 3.61. The van der Waals surface area contributed by atoms with Gasteiger partial charge < -0.3 is 5.73 Å². The first-order valence-electron chi connectivity index (χ1n) is 6.50. The number of benzene rings is 2. The van der Waals surface area contributed by atoms with Crippen molar-refractivity contribution in [2.24, 2.45) is 5.73 Å². The van der Waals surface area contributed by atoms with Crippen molar-refractivity contribution in [2.75, 3.05) is 0 Å². The molecule has 1 nitrogen and oxygen atoms in total. The van der Waals surface area contributed by atoms with E-state index in [1.54, 1.807) is 0 Å². The lowest BCUT2D eigenvalue weighted by atomic mass is 9.90.